The Balaban J connectivity index is 0.00000338. The molecule has 1 saturated heterocycles. The SMILES string of the molecule is CN=C(NCCS(=O)(=O)N1CCSCC1)NCc1c(C)nn(C)c1C.I. The summed E-state index contributed by atoms with van der Waals surface area (Å²) < 4.78 is 28.1. The van der Waals surface area contributed by atoms with Gasteiger partial charge in [-0.2, -0.15) is 16.9 Å². The third-order valence-electron chi connectivity index (χ3n) is 4.33. The molecule has 0 radical (unpaired) electrons. The summed E-state index contributed by atoms with van der Waals surface area (Å²) in [6, 6.07) is 0. The Morgan fingerprint density at radius 3 is 2.46 bits per heavy atom. The van der Waals surface area contributed by atoms with Crippen LogP contribution in [-0.4, -0.2) is 72.4 Å². The summed E-state index contributed by atoms with van der Waals surface area (Å²) in [4.78, 5) is 4.16. The summed E-state index contributed by atoms with van der Waals surface area (Å²) in [5, 5.41) is 10.7. The molecule has 8 nitrogen and oxygen atoms in total. The van der Waals surface area contributed by atoms with Crippen LogP contribution in [-0.2, 0) is 23.6 Å². The van der Waals surface area contributed by atoms with E-state index in [9.17, 15) is 8.42 Å². The number of aryl methyl sites for hydroxylation is 2. The molecule has 2 N–H and O–H groups in total. The standard InChI is InChI=1S/C15H28N6O2S2.HI/c1-12-14(13(2)20(4)19-12)11-18-15(16-3)17-5-10-25(22,23)21-6-8-24-9-7-21;/h5-11H2,1-4H3,(H2,16,17,18);1H. The lowest BCUT2D eigenvalue weighted by Crippen LogP contribution is -2.44. The number of halogens is 1. The van der Waals surface area contributed by atoms with Crippen molar-refractivity contribution in [1.82, 2.24) is 24.7 Å². The number of sulfonamides is 1. The minimum absolute atomic E-state index is 0. The molecule has 26 heavy (non-hydrogen) atoms. The highest BCUT2D eigenvalue weighted by Gasteiger charge is 2.23. The summed E-state index contributed by atoms with van der Waals surface area (Å²) >= 11 is 1.80. The summed E-state index contributed by atoms with van der Waals surface area (Å²) in [7, 11) is 0.392. The van der Waals surface area contributed by atoms with E-state index in [1.165, 1.54) is 0 Å². The van der Waals surface area contributed by atoms with E-state index in [1.807, 2.05) is 25.6 Å². The Morgan fingerprint density at radius 1 is 1.27 bits per heavy atom. The lowest BCUT2D eigenvalue weighted by atomic mass is 10.2. The number of aromatic nitrogens is 2. The average Bonchev–Trinajstić information content (AvgIpc) is 2.84. The van der Waals surface area contributed by atoms with E-state index in [2.05, 4.69) is 20.7 Å². The topological polar surface area (TPSA) is 91.6 Å². The average molecular weight is 516 g/mol. The Kier molecular flexibility index (Phi) is 9.69. The zero-order valence-corrected chi connectivity index (χ0v) is 19.7. The van der Waals surface area contributed by atoms with E-state index in [-0.39, 0.29) is 29.7 Å². The molecule has 1 aliphatic rings. The maximum Gasteiger partial charge on any atom is 0.215 e. The largest absolute Gasteiger partial charge is 0.355 e. The van der Waals surface area contributed by atoms with Crippen molar-refractivity contribution in [2.24, 2.45) is 12.0 Å². The van der Waals surface area contributed by atoms with Gasteiger partial charge in [-0.05, 0) is 13.8 Å². The van der Waals surface area contributed by atoms with Crippen molar-refractivity contribution < 1.29 is 8.42 Å². The molecule has 0 bridgehead atoms. The van der Waals surface area contributed by atoms with Crippen LogP contribution in [0.25, 0.3) is 0 Å². The molecular weight excluding hydrogens is 487 g/mol. The zero-order chi connectivity index (χ0) is 18.4. The number of nitrogens with zero attached hydrogens (tertiary/aromatic N) is 4. The van der Waals surface area contributed by atoms with Crippen molar-refractivity contribution in [2.45, 2.75) is 20.4 Å². The Morgan fingerprint density at radius 2 is 1.92 bits per heavy atom. The molecule has 0 amide bonds. The smallest absolute Gasteiger partial charge is 0.215 e. The normalized spacial score (nSPS) is 16.2. The van der Waals surface area contributed by atoms with Crippen molar-refractivity contribution in [1.29, 1.82) is 0 Å². The monoisotopic (exact) mass is 516 g/mol. The predicted octanol–water partition coefficient (Wildman–Crippen LogP) is 0.699. The molecule has 1 aromatic rings. The second-order valence-electron chi connectivity index (χ2n) is 5.95. The van der Waals surface area contributed by atoms with Crippen molar-refractivity contribution in [3.8, 4) is 0 Å². The molecule has 0 saturated carbocycles. The molecule has 1 fully saturated rings. The van der Waals surface area contributed by atoms with Crippen molar-refractivity contribution in [3.63, 3.8) is 0 Å². The molecule has 0 aromatic carbocycles. The highest BCUT2D eigenvalue weighted by Crippen LogP contribution is 2.13. The van der Waals surface area contributed by atoms with Gasteiger partial charge in [0.25, 0.3) is 0 Å². The van der Waals surface area contributed by atoms with Gasteiger partial charge >= 0.3 is 0 Å². The predicted molar refractivity (Wildman–Crippen MR) is 119 cm³/mol. The highest BCUT2D eigenvalue weighted by atomic mass is 127. The number of nitrogens with one attached hydrogen (secondary N) is 2. The van der Waals surface area contributed by atoms with Crippen LogP contribution in [0.3, 0.4) is 0 Å². The van der Waals surface area contributed by atoms with E-state index in [0.29, 0.717) is 32.1 Å². The van der Waals surface area contributed by atoms with Crippen LogP contribution in [0.15, 0.2) is 4.99 Å². The number of aliphatic imine (C=N–C) groups is 1. The molecule has 2 heterocycles. The van der Waals surface area contributed by atoms with E-state index >= 15 is 0 Å². The minimum Gasteiger partial charge on any atom is -0.355 e. The van der Waals surface area contributed by atoms with E-state index in [0.717, 1.165) is 28.5 Å². The summed E-state index contributed by atoms with van der Waals surface area (Å²) in [5.41, 5.74) is 3.21. The van der Waals surface area contributed by atoms with Gasteiger partial charge in [0.1, 0.15) is 0 Å². The molecule has 0 atom stereocenters. The van der Waals surface area contributed by atoms with E-state index < -0.39 is 10.0 Å². The number of thioether (sulfide) groups is 1. The molecule has 1 aromatic heterocycles. The van der Waals surface area contributed by atoms with Gasteiger partial charge < -0.3 is 10.6 Å². The van der Waals surface area contributed by atoms with Crippen LogP contribution < -0.4 is 10.6 Å². The van der Waals surface area contributed by atoms with Crippen molar-refractivity contribution in [3.05, 3.63) is 17.0 Å². The quantitative estimate of drug-likeness (QED) is 0.329. The minimum atomic E-state index is -3.20. The fraction of sp³-hybridized carbons (Fsp3) is 0.733. The molecule has 2 rings (SSSR count). The first-order chi connectivity index (χ1) is 11.8. The maximum atomic E-state index is 12.3. The summed E-state index contributed by atoms with van der Waals surface area (Å²) in [6.45, 7) is 6.15. The third kappa shape index (κ3) is 6.27. The van der Waals surface area contributed by atoms with Gasteiger partial charge in [-0.15, -0.1) is 24.0 Å². The first-order valence-electron chi connectivity index (χ1n) is 8.34. The number of hydrogen-bond acceptors (Lipinski definition) is 5. The van der Waals surface area contributed by atoms with Gasteiger partial charge in [-0.3, -0.25) is 9.67 Å². The van der Waals surface area contributed by atoms with Crippen LogP contribution in [0.2, 0.25) is 0 Å². The van der Waals surface area contributed by atoms with Crippen LogP contribution in [0.4, 0.5) is 0 Å². The van der Waals surface area contributed by atoms with Crippen LogP contribution in [0.5, 0.6) is 0 Å². The van der Waals surface area contributed by atoms with Crippen molar-refractivity contribution in [2.75, 3.05) is 43.9 Å². The van der Waals surface area contributed by atoms with E-state index in [1.54, 1.807) is 23.1 Å². The second kappa shape index (κ2) is 10.7. The van der Waals surface area contributed by atoms with Gasteiger partial charge in [-0.25, -0.2) is 12.7 Å². The molecule has 0 unspecified atom stereocenters. The first kappa shape index (κ1) is 23.5. The van der Waals surface area contributed by atoms with Gasteiger partial charge in [0.2, 0.25) is 10.0 Å². The second-order valence-corrected chi connectivity index (χ2v) is 9.27. The first-order valence-corrected chi connectivity index (χ1v) is 11.1. The highest BCUT2D eigenvalue weighted by molar-refractivity contribution is 14.0. The third-order valence-corrected chi connectivity index (χ3v) is 7.15. The van der Waals surface area contributed by atoms with Crippen molar-refractivity contribution >= 4 is 51.7 Å². The van der Waals surface area contributed by atoms with Crippen LogP contribution >= 0.6 is 35.7 Å². The van der Waals surface area contributed by atoms with E-state index in [4.69, 9.17) is 0 Å². The number of hydrogen-bond donors (Lipinski definition) is 2. The molecule has 11 heteroatoms. The maximum absolute atomic E-state index is 12.3. The van der Waals surface area contributed by atoms with Gasteiger partial charge in [0.05, 0.1) is 11.4 Å². The van der Waals surface area contributed by atoms with Gasteiger partial charge in [0, 0.05) is 63.0 Å². The van der Waals surface area contributed by atoms with Crippen LogP contribution in [0.1, 0.15) is 17.0 Å². The fourth-order valence-corrected chi connectivity index (χ4v) is 5.21. The zero-order valence-electron chi connectivity index (χ0n) is 15.8. The molecule has 0 spiro atoms. The Bertz CT molecular complexity index is 714. The Hall–Kier alpha value is -0.530. The van der Waals surface area contributed by atoms with Gasteiger partial charge in [0.15, 0.2) is 5.96 Å². The molecular formula is C15H29IN6O2S2. The van der Waals surface area contributed by atoms with Gasteiger partial charge in [-0.1, -0.05) is 0 Å². The summed E-state index contributed by atoms with van der Waals surface area (Å²) in [6.07, 6.45) is 0. The lowest BCUT2D eigenvalue weighted by molar-refractivity contribution is 0.443. The number of guanidine groups is 1. The summed E-state index contributed by atoms with van der Waals surface area (Å²) in [5.74, 6) is 2.41. The molecule has 0 aliphatic carbocycles. The fourth-order valence-electron chi connectivity index (χ4n) is 2.72. The van der Waals surface area contributed by atoms with Crippen LogP contribution in [0, 0.1) is 13.8 Å². The molecule has 1 aliphatic heterocycles. The lowest BCUT2D eigenvalue weighted by Gasteiger charge is -2.25. The molecule has 150 valence electrons. The Labute approximate surface area is 177 Å². The number of rotatable bonds is 6.